The van der Waals surface area contributed by atoms with E-state index in [0.29, 0.717) is 24.8 Å². The summed E-state index contributed by atoms with van der Waals surface area (Å²) in [6.45, 7) is 3.86. The van der Waals surface area contributed by atoms with E-state index in [0.717, 1.165) is 18.0 Å². The van der Waals surface area contributed by atoms with Crippen LogP contribution in [0, 0.1) is 5.41 Å². The first-order valence-electron chi connectivity index (χ1n) is 5.20. The zero-order valence-electron chi connectivity index (χ0n) is 9.29. The van der Waals surface area contributed by atoms with Gasteiger partial charge in [0.05, 0.1) is 0 Å². The van der Waals surface area contributed by atoms with Gasteiger partial charge in [-0.25, -0.2) is 0 Å². The van der Waals surface area contributed by atoms with Gasteiger partial charge in [-0.15, -0.1) is 0 Å². The van der Waals surface area contributed by atoms with E-state index in [9.17, 15) is 13.2 Å². The molecule has 1 aliphatic rings. The minimum atomic E-state index is -4.47. The molecule has 0 saturated carbocycles. The largest absolute Gasteiger partial charge is 0.452 e. The molecular formula is C9H13F3N4S. The summed E-state index contributed by atoms with van der Waals surface area (Å²) >= 11 is 0.789. The fourth-order valence-corrected chi connectivity index (χ4v) is 2.52. The first-order chi connectivity index (χ1) is 7.84. The molecule has 1 unspecified atom stereocenters. The van der Waals surface area contributed by atoms with Gasteiger partial charge in [-0.3, -0.25) is 0 Å². The van der Waals surface area contributed by atoms with Crippen molar-refractivity contribution in [2.45, 2.75) is 19.5 Å². The quantitative estimate of drug-likeness (QED) is 0.885. The van der Waals surface area contributed by atoms with Gasteiger partial charge in [0.1, 0.15) is 0 Å². The maximum absolute atomic E-state index is 12.3. The Labute approximate surface area is 101 Å². The van der Waals surface area contributed by atoms with Crippen LogP contribution in [0.15, 0.2) is 0 Å². The van der Waals surface area contributed by atoms with Crippen LogP contribution in [0.25, 0.3) is 0 Å². The highest BCUT2D eigenvalue weighted by atomic mass is 32.1. The molecule has 2 rings (SSSR count). The van der Waals surface area contributed by atoms with E-state index in [4.69, 9.17) is 5.73 Å². The molecule has 0 amide bonds. The predicted molar refractivity (Wildman–Crippen MR) is 58.9 cm³/mol. The third kappa shape index (κ3) is 2.52. The molecule has 2 heterocycles. The second-order valence-corrected chi connectivity index (χ2v) is 5.31. The Hall–Kier alpha value is -0.890. The molecule has 4 nitrogen and oxygen atoms in total. The fourth-order valence-electron chi connectivity index (χ4n) is 1.81. The molecule has 1 aromatic heterocycles. The SMILES string of the molecule is CC1(CN)CCN(c2nc(C(F)(F)F)ns2)C1. The van der Waals surface area contributed by atoms with Gasteiger partial charge in [-0.2, -0.15) is 22.5 Å². The third-order valence-corrected chi connectivity index (χ3v) is 3.77. The summed E-state index contributed by atoms with van der Waals surface area (Å²) in [5.41, 5.74) is 5.61. The summed E-state index contributed by atoms with van der Waals surface area (Å²) in [6.07, 6.45) is -3.60. The Kier molecular flexibility index (Phi) is 3.03. The van der Waals surface area contributed by atoms with E-state index in [1.807, 2.05) is 11.8 Å². The van der Waals surface area contributed by atoms with Crippen molar-refractivity contribution in [1.82, 2.24) is 9.36 Å². The van der Waals surface area contributed by atoms with Crippen LogP contribution in [0.5, 0.6) is 0 Å². The number of nitrogens with zero attached hydrogens (tertiary/aromatic N) is 3. The van der Waals surface area contributed by atoms with Gasteiger partial charge in [-0.05, 0) is 18.4 Å². The highest BCUT2D eigenvalue weighted by Gasteiger charge is 2.38. The molecule has 0 spiro atoms. The second-order valence-electron chi connectivity index (χ2n) is 4.58. The topological polar surface area (TPSA) is 55.0 Å². The lowest BCUT2D eigenvalue weighted by molar-refractivity contribution is -0.144. The van der Waals surface area contributed by atoms with Gasteiger partial charge < -0.3 is 10.6 Å². The van der Waals surface area contributed by atoms with Crippen LogP contribution in [0.2, 0.25) is 0 Å². The highest BCUT2D eigenvalue weighted by molar-refractivity contribution is 7.09. The molecule has 1 aromatic rings. The molecule has 0 radical (unpaired) electrons. The molecule has 1 fully saturated rings. The summed E-state index contributed by atoms with van der Waals surface area (Å²) in [7, 11) is 0. The zero-order chi connectivity index (χ0) is 12.7. The van der Waals surface area contributed by atoms with E-state index in [-0.39, 0.29) is 5.41 Å². The summed E-state index contributed by atoms with van der Waals surface area (Å²) in [5, 5.41) is 0.328. The Balaban J connectivity index is 2.12. The molecule has 17 heavy (non-hydrogen) atoms. The first-order valence-corrected chi connectivity index (χ1v) is 5.97. The van der Waals surface area contributed by atoms with E-state index in [1.54, 1.807) is 0 Å². The molecule has 0 aromatic carbocycles. The minimum absolute atomic E-state index is 0.0376. The van der Waals surface area contributed by atoms with Crippen molar-refractivity contribution in [3.8, 4) is 0 Å². The molecule has 2 N–H and O–H groups in total. The van der Waals surface area contributed by atoms with Gasteiger partial charge in [0, 0.05) is 24.6 Å². The summed E-state index contributed by atoms with van der Waals surface area (Å²) in [6, 6.07) is 0. The lowest BCUT2D eigenvalue weighted by Gasteiger charge is -2.21. The number of nitrogens with two attached hydrogens (primary N) is 1. The van der Waals surface area contributed by atoms with Gasteiger partial charge in [-0.1, -0.05) is 6.92 Å². The van der Waals surface area contributed by atoms with Crippen LogP contribution in [-0.2, 0) is 6.18 Å². The van der Waals surface area contributed by atoms with Gasteiger partial charge in [0.25, 0.3) is 0 Å². The molecule has 1 saturated heterocycles. The maximum atomic E-state index is 12.3. The molecule has 1 aliphatic heterocycles. The minimum Gasteiger partial charge on any atom is -0.346 e. The Bertz CT molecular complexity index is 405. The van der Waals surface area contributed by atoms with Gasteiger partial charge in [0.15, 0.2) is 0 Å². The van der Waals surface area contributed by atoms with Crippen molar-refractivity contribution in [3.05, 3.63) is 5.82 Å². The van der Waals surface area contributed by atoms with E-state index in [2.05, 4.69) is 9.36 Å². The lowest BCUT2D eigenvalue weighted by atomic mass is 9.90. The normalized spacial score (nSPS) is 25.6. The number of halogens is 3. The van der Waals surface area contributed by atoms with Crippen LogP contribution >= 0.6 is 11.5 Å². The zero-order valence-corrected chi connectivity index (χ0v) is 10.1. The first kappa shape index (κ1) is 12.6. The third-order valence-electron chi connectivity index (χ3n) is 2.99. The van der Waals surface area contributed by atoms with Crippen molar-refractivity contribution in [3.63, 3.8) is 0 Å². The van der Waals surface area contributed by atoms with Crippen LogP contribution in [0.3, 0.4) is 0 Å². The molecule has 96 valence electrons. The van der Waals surface area contributed by atoms with Crippen molar-refractivity contribution in [2.75, 3.05) is 24.5 Å². The fraction of sp³-hybridized carbons (Fsp3) is 0.778. The molecule has 8 heteroatoms. The van der Waals surface area contributed by atoms with Gasteiger partial charge >= 0.3 is 6.18 Å². The van der Waals surface area contributed by atoms with Crippen molar-refractivity contribution in [1.29, 1.82) is 0 Å². The second kappa shape index (κ2) is 4.09. The summed E-state index contributed by atoms with van der Waals surface area (Å²) in [5.74, 6) is -1.06. The van der Waals surface area contributed by atoms with Crippen LogP contribution in [0.4, 0.5) is 18.3 Å². The number of alkyl halides is 3. The van der Waals surface area contributed by atoms with Crippen LogP contribution < -0.4 is 10.6 Å². The smallest absolute Gasteiger partial charge is 0.346 e. The number of anilines is 1. The predicted octanol–water partition coefficient (Wildman–Crippen LogP) is 1.73. The standard InChI is InChI=1S/C9H13F3N4S/c1-8(4-13)2-3-16(5-8)7-14-6(15-17-7)9(10,11)12/h2-5,13H2,1H3. The van der Waals surface area contributed by atoms with Crippen molar-refractivity contribution < 1.29 is 13.2 Å². The number of aromatic nitrogens is 2. The molecule has 0 aliphatic carbocycles. The average molecular weight is 266 g/mol. The highest BCUT2D eigenvalue weighted by Crippen LogP contribution is 2.35. The van der Waals surface area contributed by atoms with Gasteiger partial charge in [0.2, 0.25) is 11.0 Å². The van der Waals surface area contributed by atoms with Crippen molar-refractivity contribution in [2.24, 2.45) is 11.1 Å². The monoisotopic (exact) mass is 266 g/mol. The summed E-state index contributed by atoms with van der Waals surface area (Å²) < 4.78 is 40.4. The molecular weight excluding hydrogens is 253 g/mol. The van der Waals surface area contributed by atoms with E-state index >= 15 is 0 Å². The van der Waals surface area contributed by atoms with E-state index < -0.39 is 12.0 Å². The summed E-state index contributed by atoms with van der Waals surface area (Å²) in [4.78, 5) is 5.35. The molecule has 0 bridgehead atoms. The number of rotatable bonds is 2. The lowest BCUT2D eigenvalue weighted by Crippen LogP contribution is -2.31. The van der Waals surface area contributed by atoms with E-state index in [1.165, 1.54) is 0 Å². The molecule has 1 atom stereocenters. The van der Waals surface area contributed by atoms with Crippen molar-refractivity contribution >= 4 is 16.7 Å². The van der Waals surface area contributed by atoms with Crippen LogP contribution in [-0.4, -0.2) is 29.0 Å². The number of hydrogen-bond donors (Lipinski definition) is 1. The Morgan fingerprint density at radius 2 is 2.24 bits per heavy atom. The Morgan fingerprint density at radius 1 is 1.53 bits per heavy atom. The maximum Gasteiger partial charge on any atom is 0.452 e. The Morgan fingerprint density at radius 3 is 2.71 bits per heavy atom. The number of hydrogen-bond acceptors (Lipinski definition) is 5. The van der Waals surface area contributed by atoms with Crippen LogP contribution in [0.1, 0.15) is 19.2 Å². The average Bonchev–Trinajstić information content (AvgIpc) is 2.83.